The SMILES string of the molecule is c1ccc(-c2cccc3c2oc2c(-c4ccc(-c5cccc6c5oc5c(-c7ccc(-c8cccc9c8oc8c(-c%10ccccc%10)cccc89)cc7)cccc56)cc4)cccc23)cc1. The molecule has 13 rings (SSSR count). The highest BCUT2D eigenvalue weighted by atomic mass is 16.3. The van der Waals surface area contributed by atoms with E-state index in [1.807, 2.05) is 12.1 Å². The zero-order chi connectivity index (χ0) is 41.4. The molecule has 0 fully saturated rings. The molecule has 0 unspecified atom stereocenters. The van der Waals surface area contributed by atoms with E-state index < -0.39 is 0 Å². The maximum Gasteiger partial charge on any atom is 0.143 e. The molecule has 0 spiro atoms. The summed E-state index contributed by atoms with van der Waals surface area (Å²) >= 11 is 0. The van der Waals surface area contributed by atoms with Gasteiger partial charge in [0.05, 0.1) is 0 Å². The van der Waals surface area contributed by atoms with Crippen molar-refractivity contribution in [3.8, 4) is 66.8 Å². The fourth-order valence-corrected chi connectivity index (χ4v) is 9.72. The quantitative estimate of drug-likeness (QED) is 0.168. The van der Waals surface area contributed by atoms with Gasteiger partial charge in [0.15, 0.2) is 0 Å². The Morgan fingerprint density at radius 2 is 0.349 bits per heavy atom. The van der Waals surface area contributed by atoms with E-state index in [1.165, 1.54) is 0 Å². The van der Waals surface area contributed by atoms with Crippen LogP contribution in [0.1, 0.15) is 0 Å². The fraction of sp³-hybridized carbons (Fsp3) is 0. The van der Waals surface area contributed by atoms with Gasteiger partial charge < -0.3 is 13.3 Å². The summed E-state index contributed by atoms with van der Waals surface area (Å²) in [6.45, 7) is 0. The number of furan rings is 3. The number of fused-ring (bicyclic) bond motifs is 9. The molecule has 0 atom stereocenters. The Hall–Kier alpha value is -8.40. The number of hydrogen-bond donors (Lipinski definition) is 0. The van der Waals surface area contributed by atoms with Crippen molar-refractivity contribution in [2.75, 3.05) is 0 Å². The molecule has 3 heterocycles. The van der Waals surface area contributed by atoms with E-state index in [0.29, 0.717) is 0 Å². The average Bonchev–Trinajstić information content (AvgIpc) is 4.06. The molecule has 13 aromatic rings. The summed E-state index contributed by atoms with van der Waals surface area (Å²) in [5.74, 6) is 0. The van der Waals surface area contributed by atoms with E-state index in [1.54, 1.807) is 0 Å². The van der Waals surface area contributed by atoms with Crippen molar-refractivity contribution in [2.24, 2.45) is 0 Å². The first-order chi connectivity index (χ1) is 31.2. The third-order valence-corrected chi connectivity index (χ3v) is 12.8. The van der Waals surface area contributed by atoms with E-state index in [2.05, 4.69) is 206 Å². The molecule has 3 heteroatoms. The lowest BCUT2D eigenvalue weighted by atomic mass is 9.96. The van der Waals surface area contributed by atoms with Crippen LogP contribution in [0.4, 0.5) is 0 Å². The van der Waals surface area contributed by atoms with Gasteiger partial charge in [0.25, 0.3) is 0 Å². The molecule has 0 radical (unpaired) electrons. The van der Waals surface area contributed by atoms with Crippen molar-refractivity contribution < 1.29 is 13.3 Å². The minimum atomic E-state index is 0.878. The van der Waals surface area contributed by atoms with Gasteiger partial charge in [0.2, 0.25) is 0 Å². The molecule has 0 aliphatic rings. The second kappa shape index (κ2) is 14.1. The summed E-state index contributed by atoms with van der Waals surface area (Å²) in [5, 5.41) is 6.66. The van der Waals surface area contributed by atoms with Crippen LogP contribution in [0.15, 0.2) is 232 Å². The first-order valence-electron chi connectivity index (χ1n) is 21.4. The van der Waals surface area contributed by atoms with Gasteiger partial charge in [0.1, 0.15) is 33.5 Å². The molecular formula is C60H36O3. The van der Waals surface area contributed by atoms with Gasteiger partial charge in [-0.05, 0) is 33.4 Å². The van der Waals surface area contributed by atoms with Crippen LogP contribution in [0.5, 0.6) is 0 Å². The van der Waals surface area contributed by atoms with Crippen molar-refractivity contribution in [2.45, 2.75) is 0 Å². The summed E-state index contributed by atoms with van der Waals surface area (Å²) in [7, 11) is 0. The topological polar surface area (TPSA) is 39.4 Å². The second-order valence-electron chi connectivity index (χ2n) is 16.3. The van der Waals surface area contributed by atoms with Crippen LogP contribution < -0.4 is 0 Å². The largest absolute Gasteiger partial charge is 0.455 e. The smallest absolute Gasteiger partial charge is 0.143 e. The van der Waals surface area contributed by atoms with E-state index in [-0.39, 0.29) is 0 Å². The minimum absolute atomic E-state index is 0.878. The van der Waals surface area contributed by atoms with Gasteiger partial charge >= 0.3 is 0 Å². The summed E-state index contributed by atoms with van der Waals surface area (Å²) < 4.78 is 20.4. The monoisotopic (exact) mass is 804 g/mol. The molecular weight excluding hydrogens is 769 g/mol. The number of rotatable bonds is 6. The standard InChI is InChI=1S/C60H36O3/c1-3-13-37(14-4-1)43-17-7-23-49-51-25-9-19-45(57(51)61-55(43)49)39-29-33-41(34-30-39)47-21-11-27-53-54-28-12-22-48(60(54)63-59(47)53)42-35-31-40(32-36-42)46-20-10-26-52-50-24-8-18-44(56(50)62-58(46)52)38-15-5-2-6-16-38/h1-36H. The molecule has 0 saturated heterocycles. The highest BCUT2D eigenvalue weighted by molar-refractivity contribution is 6.16. The van der Waals surface area contributed by atoms with E-state index in [4.69, 9.17) is 13.3 Å². The molecule has 63 heavy (non-hydrogen) atoms. The lowest BCUT2D eigenvalue weighted by molar-refractivity contribution is 0.670. The Kier molecular flexibility index (Phi) is 7.91. The molecule has 0 amide bonds. The van der Waals surface area contributed by atoms with Gasteiger partial charge in [-0.25, -0.2) is 0 Å². The van der Waals surface area contributed by atoms with Crippen LogP contribution in [0.25, 0.3) is 133 Å². The molecule has 0 aliphatic heterocycles. The zero-order valence-corrected chi connectivity index (χ0v) is 34.0. The van der Waals surface area contributed by atoms with Crippen molar-refractivity contribution in [1.29, 1.82) is 0 Å². The first kappa shape index (κ1) is 35.4. The summed E-state index contributed by atoms with van der Waals surface area (Å²) in [4.78, 5) is 0. The molecule has 0 bridgehead atoms. The van der Waals surface area contributed by atoms with E-state index in [9.17, 15) is 0 Å². The van der Waals surface area contributed by atoms with Gasteiger partial charge in [-0.2, -0.15) is 0 Å². The van der Waals surface area contributed by atoms with Gasteiger partial charge in [-0.1, -0.05) is 218 Å². The highest BCUT2D eigenvalue weighted by Gasteiger charge is 2.20. The molecule has 0 saturated carbocycles. The molecule has 3 nitrogen and oxygen atoms in total. The van der Waals surface area contributed by atoms with Crippen molar-refractivity contribution >= 4 is 65.8 Å². The van der Waals surface area contributed by atoms with Crippen LogP contribution in [-0.4, -0.2) is 0 Å². The first-order valence-corrected chi connectivity index (χ1v) is 21.4. The predicted octanol–water partition coefficient (Wildman–Crippen LogP) is 17.4. The Labute approximate surface area is 362 Å². The minimum Gasteiger partial charge on any atom is -0.455 e. The Morgan fingerprint density at radius 1 is 0.159 bits per heavy atom. The molecule has 3 aromatic heterocycles. The summed E-state index contributed by atoms with van der Waals surface area (Å²) in [6.07, 6.45) is 0. The Morgan fingerprint density at radius 3 is 0.556 bits per heavy atom. The normalized spacial score (nSPS) is 11.8. The van der Waals surface area contributed by atoms with Gasteiger partial charge in [-0.3, -0.25) is 0 Å². The Balaban J connectivity index is 0.853. The maximum atomic E-state index is 6.90. The second-order valence-corrected chi connectivity index (χ2v) is 16.3. The number of hydrogen-bond acceptors (Lipinski definition) is 3. The lowest BCUT2D eigenvalue weighted by Gasteiger charge is -2.07. The van der Waals surface area contributed by atoms with Crippen LogP contribution in [0.2, 0.25) is 0 Å². The number of benzene rings is 10. The fourth-order valence-electron chi connectivity index (χ4n) is 9.72. The van der Waals surface area contributed by atoms with Gasteiger partial charge in [-0.15, -0.1) is 0 Å². The van der Waals surface area contributed by atoms with Crippen LogP contribution in [0, 0.1) is 0 Å². The Bertz CT molecular complexity index is 3610. The summed E-state index contributed by atoms with van der Waals surface area (Å²) in [6, 6.07) is 77.0. The van der Waals surface area contributed by atoms with Crippen LogP contribution in [0.3, 0.4) is 0 Å². The maximum absolute atomic E-state index is 6.90. The third kappa shape index (κ3) is 5.60. The van der Waals surface area contributed by atoms with Crippen LogP contribution in [-0.2, 0) is 0 Å². The predicted molar refractivity (Wildman–Crippen MR) is 261 cm³/mol. The van der Waals surface area contributed by atoms with Crippen molar-refractivity contribution in [3.05, 3.63) is 218 Å². The van der Waals surface area contributed by atoms with Crippen molar-refractivity contribution in [3.63, 3.8) is 0 Å². The molecule has 0 aliphatic carbocycles. The highest BCUT2D eigenvalue weighted by Crippen LogP contribution is 2.44. The lowest BCUT2D eigenvalue weighted by Crippen LogP contribution is -1.82. The van der Waals surface area contributed by atoms with Crippen molar-refractivity contribution in [1.82, 2.24) is 0 Å². The third-order valence-electron chi connectivity index (χ3n) is 12.8. The molecule has 10 aromatic carbocycles. The van der Waals surface area contributed by atoms with E-state index in [0.717, 1.165) is 133 Å². The summed E-state index contributed by atoms with van der Waals surface area (Å²) in [5.41, 5.74) is 18.5. The van der Waals surface area contributed by atoms with E-state index >= 15 is 0 Å². The average molecular weight is 805 g/mol. The van der Waals surface area contributed by atoms with Gasteiger partial charge in [0, 0.05) is 65.7 Å². The number of para-hydroxylation sites is 6. The zero-order valence-electron chi connectivity index (χ0n) is 34.0. The molecule has 0 N–H and O–H groups in total. The molecule has 294 valence electrons. The van der Waals surface area contributed by atoms with Crippen LogP contribution >= 0.6 is 0 Å².